The van der Waals surface area contributed by atoms with Gasteiger partial charge in [0.05, 0.1) is 12.8 Å². The quantitative estimate of drug-likeness (QED) is 0.916. The Hall–Kier alpha value is -2.63. The van der Waals surface area contributed by atoms with Crippen LogP contribution in [0.25, 0.3) is 0 Å². The Morgan fingerprint density at radius 3 is 2.86 bits per heavy atom. The van der Waals surface area contributed by atoms with Gasteiger partial charge in [0.2, 0.25) is 5.91 Å². The highest BCUT2D eigenvalue weighted by Crippen LogP contribution is 2.24. The molecule has 0 saturated heterocycles. The van der Waals surface area contributed by atoms with Crippen molar-refractivity contribution in [3.05, 3.63) is 58.8 Å². The van der Waals surface area contributed by atoms with Crippen molar-refractivity contribution in [3.63, 3.8) is 0 Å². The Labute approximate surface area is 121 Å². The maximum absolute atomic E-state index is 13.1. The fraction of sp³-hybridized carbons (Fsp3) is 0.200. The number of halogens is 1. The molecule has 21 heavy (non-hydrogen) atoms. The summed E-state index contributed by atoms with van der Waals surface area (Å²) in [6.45, 7) is 0.273. The highest BCUT2D eigenvalue weighted by molar-refractivity contribution is 5.92. The second-order valence-corrected chi connectivity index (χ2v) is 4.38. The van der Waals surface area contributed by atoms with E-state index in [0.717, 1.165) is 0 Å². The summed E-state index contributed by atoms with van der Waals surface area (Å²) >= 11 is 0. The molecule has 1 aromatic heterocycles. The average Bonchev–Trinajstić information content (AvgIpc) is 2.48. The van der Waals surface area contributed by atoms with Crippen molar-refractivity contribution in [1.29, 1.82) is 0 Å². The lowest BCUT2D eigenvalue weighted by Gasteiger charge is -2.10. The Kier molecular flexibility index (Phi) is 4.71. The molecule has 2 rings (SSSR count). The predicted octanol–water partition coefficient (Wildman–Crippen LogP) is 2.02. The predicted molar refractivity (Wildman–Crippen MR) is 76.9 cm³/mol. The lowest BCUT2D eigenvalue weighted by Crippen LogP contribution is -2.21. The normalized spacial score (nSPS) is 10.2. The molecular weight excluding hydrogens is 275 g/mol. The van der Waals surface area contributed by atoms with Crippen LogP contribution in [0, 0.1) is 5.82 Å². The number of rotatable bonds is 5. The van der Waals surface area contributed by atoms with Crippen molar-refractivity contribution in [3.8, 4) is 5.75 Å². The smallest absolute Gasteiger partial charge is 0.250 e. The number of hydrogen-bond acceptors (Lipinski definition) is 3. The summed E-state index contributed by atoms with van der Waals surface area (Å²) in [5.41, 5.74) is 0.231. The van der Waals surface area contributed by atoms with Gasteiger partial charge in [-0.1, -0.05) is 6.07 Å². The average molecular weight is 290 g/mol. The van der Waals surface area contributed by atoms with E-state index in [-0.39, 0.29) is 30.2 Å². The molecule has 0 fully saturated rings. The van der Waals surface area contributed by atoms with Gasteiger partial charge in [-0.15, -0.1) is 0 Å². The maximum atomic E-state index is 13.1. The van der Waals surface area contributed by atoms with E-state index >= 15 is 0 Å². The lowest BCUT2D eigenvalue weighted by atomic mass is 10.2. The number of carbonyl (C=O) groups is 1. The van der Waals surface area contributed by atoms with Crippen LogP contribution in [0.2, 0.25) is 0 Å². The van der Waals surface area contributed by atoms with E-state index in [9.17, 15) is 14.0 Å². The first-order valence-electron chi connectivity index (χ1n) is 6.39. The molecule has 6 heteroatoms. The minimum absolute atomic E-state index is 0.129. The zero-order chi connectivity index (χ0) is 15.2. The number of methoxy groups -OCH3 is 1. The molecule has 0 aliphatic carbocycles. The highest BCUT2D eigenvalue weighted by Gasteiger charge is 2.09. The standard InChI is InChI=1S/C15H15FN2O3/c1-21-13-10-11(16)5-6-12(13)17-14(19)7-9-18-8-3-2-4-15(18)20/h2-6,8,10H,7,9H2,1H3,(H,17,19). The van der Waals surface area contributed by atoms with Crippen molar-refractivity contribution in [2.75, 3.05) is 12.4 Å². The number of nitrogens with zero attached hydrogens (tertiary/aromatic N) is 1. The van der Waals surface area contributed by atoms with Crippen LogP contribution in [0.4, 0.5) is 10.1 Å². The van der Waals surface area contributed by atoms with Crippen LogP contribution >= 0.6 is 0 Å². The summed E-state index contributed by atoms with van der Waals surface area (Å²) in [5.74, 6) is -0.475. The molecule has 0 spiro atoms. The van der Waals surface area contributed by atoms with Crippen LogP contribution in [-0.2, 0) is 11.3 Å². The third-order valence-electron chi connectivity index (χ3n) is 2.92. The van der Waals surface area contributed by atoms with Crippen molar-refractivity contribution in [2.45, 2.75) is 13.0 Å². The van der Waals surface area contributed by atoms with Crippen LogP contribution in [0.15, 0.2) is 47.4 Å². The molecular formula is C15H15FN2O3. The number of carbonyl (C=O) groups excluding carboxylic acids is 1. The van der Waals surface area contributed by atoms with E-state index in [2.05, 4.69) is 5.32 Å². The topological polar surface area (TPSA) is 60.3 Å². The minimum Gasteiger partial charge on any atom is -0.494 e. The number of aromatic nitrogens is 1. The second kappa shape index (κ2) is 6.69. The minimum atomic E-state index is -0.444. The number of anilines is 1. The van der Waals surface area contributed by atoms with Crippen LogP contribution in [0.5, 0.6) is 5.75 Å². The van der Waals surface area contributed by atoms with E-state index in [1.54, 1.807) is 18.3 Å². The van der Waals surface area contributed by atoms with Gasteiger partial charge in [0.25, 0.3) is 5.56 Å². The van der Waals surface area contributed by atoms with E-state index < -0.39 is 5.82 Å². The zero-order valence-electron chi connectivity index (χ0n) is 11.5. The molecule has 0 radical (unpaired) electrons. The molecule has 5 nitrogen and oxygen atoms in total. The Morgan fingerprint density at radius 2 is 2.14 bits per heavy atom. The van der Waals surface area contributed by atoms with E-state index in [1.165, 1.54) is 35.9 Å². The molecule has 110 valence electrons. The molecule has 0 bridgehead atoms. The molecule has 0 saturated carbocycles. The summed E-state index contributed by atoms with van der Waals surface area (Å²) in [6, 6.07) is 8.66. The largest absolute Gasteiger partial charge is 0.494 e. The third-order valence-corrected chi connectivity index (χ3v) is 2.92. The van der Waals surface area contributed by atoms with Gasteiger partial charge in [0.15, 0.2) is 0 Å². The molecule has 0 unspecified atom stereocenters. The maximum Gasteiger partial charge on any atom is 0.250 e. The van der Waals surface area contributed by atoms with Gasteiger partial charge in [-0.3, -0.25) is 9.59 Å². The summed E-state index contributed by atoms with van der Waals surface area (Å²) in [4.78, 5) is 23.4. The molecule has 1 amide bonds. The second-order valence-electron chi connectivity index (χ2n) is 4.38. The number of amides is 1. The number of hydrogen-bond donors (Lipinski definition) is 1. The van der Waals surface area contributed by atoms with E-state index in [0.29, 0.717) is 5.69 Å². The first kappa shape index (κ1) is 14.8. The monoisotopic (exact) mass is 290 g/mol. The molecule has 0 aliphatic heterocycles. The van der Waals surface area contributed by atoms with Gasteiger partial charge in [-0.25, -0.2) is 4.39 Å². The van der Waals surface area contributed by atoms with Crippen LogP contribution in [-0.4, -0.2) is 17.6 Å². The molecule has 1 heterocycles. The van der Waals surface area contributed by atoms with Gasteiger partial charge in [0.1, 0.15) is 11.6 Å². The van der Waals surface area contributed by atoms with Gasteiger partial charge in [-0.2, -0.15) is 0 Å². The highest BCUT2D eigenvalue weighted by atomic mass is 19.1. The van der Waals surface area contributed by atoms with Gasteiger partial charge in [-0.05, 0) is 18.2 Å². The first-order chi connectivity index (χ1) is 10.1. The molecule has 1 aromatic carbocycles. The van der Waals surface area contributed by atoms with Crippen molar-refractivity contribution >= 4 is 11.6 Å². The molecule has 1 N–H and O–H groups in total. The van der Waals surface area contributed by atoms with Crippen LogP contribution in [0.3, 0.4) is 0 Å². The number of benzene rings is 1. The van der Waals surface area contributed by atoms with Gasteiger partial charge >= 0.3 is 0 Å². The zero-order valence-corrected chi connectivity index (χ0v) is 11.5. The fourth-order valence-corrected chi connectivity index (χ4v) is 1.85. The molecule has 0 aliphatic rings. The van der Waals surface area contributed by atoms with Crippen molar-refractivity contribution < 1.29 is 13.9 Å². The molecule has 0 atom stereocenters. The first-order valence-corrected chi connectivity index (χ1v) is 6.39. The van der Waals surface area contributed by atoms with Gasteiger partial charge in [0, 0.05) is 31.3 Å². The SMILES string of the molecule is COc1cc(F)ccc1NC(=O)CCn1ccccc1=O. The Balaban J connectivity index is 1.99. The summed E-state index contributed by atoms with van der Waals surface area (Å²) in [6.07, 6.45) is 1.75. The number of aryl methyl sites for hydroxylation is 1. The number of nitrogens with one attached hydrogen (secondary N) is 1. The number of pyridine rings is 1. The lowest BCUT2D eigenvalue weighted by molar-refractivity contribution is -0.116. The summed E-state index contributed by atoms with van der Waals surface area (Å²) < 4.78 is 19.5. The third kappa shape index (κ3) is 3.92. The Morgan fingerprint density at radius 1 is 1.33 bits per heavy atom. The summed E-state index contributed by atoms with van der Waals surface area (Å²) in [5, 5.41) is 2.63. The Bertz CT molecular complexity index is 697. The van der Waals surface area contributed by atoms with E-state index in [1.807, 2.05) is 0 Å². The summed E-state index contributed by atoms with van der Waals surface area (Å²) in [7, 11) is 1.40. The number of ether oxygens (including phenoxy) is 1. The van der Waals surface area contributed by atoms with Gasteiger partial charge < -0.3 is 14.6 Å². The van der Waals surface area contributed by atoms with Crippen LogP contribution in [0.1, 0.15) is 6.42 Å². The fourth-order valence-electron chi connectivity index (χ4n) is 1.85. The van der Waals surface area contributed by atoms with Crippen molar-refractivity contribution in [1.82, 2.24) is 4.57 Å². The van der Waals surface area contributed by atoms with Crippen LogP contribution < -0.4 is 15.6 Å². The van der Waals surface area contributed by atoms with E-state index in [4.69, 9.17) is 4.74 Å². The van der Waals surface area contributed by atoms with Crippen molar-refractivity contribution in [2.24, 2.45) is 0 Å². The molecule has 2 aromatic rings.